The maximum atomic E-state index is 12.6. The summed E-state index contributed by atoms with van der Waals surface area (Å²) in [5, 5.41) is 22.0. The van der Waals surface area contributed by atoms with Gasteiger partial charge < -0.3 is 18.9 Å². The molecule has 0 aliphatic heterocycles. The van der Waals surface area contributed by atoms with Gasteiger partial charge in [-0.3, -0.25) is 20.2 Å². The largest absolute Gasteiger partial charge is 0.493 e. The average molecular weight is 468 g/mol. The highest BCUT2D eigenvalue weighted by Crippen LogP contribution is 2.33. The minimum Gasteiger partial charge on any atom is -0.493 e. The second kappa shape index (κ2) is 10.1. The highest BCUT2D eigenvalue weighted by Gasteiger charge is 2.20. The molecule has 0 aliphatic carbocycles. The van der Waals surface area contributed by atoms with Gasteiger partial charge in [-0.25, -0.2) is 9.59 Å². The topological polar surface area (TPSA) is 157 Å². The first-order valence-electron chi connectivity index (χ1n) is 9.42. The second-order valence-electron chi connectivity index (χ2n) is 6.54. The van der Waals surface area contributed by atoms with Crippen LogP contribution in [0.1, 0.15) is 20.7 Å². The Morgan fingerprint density at radius 1 is 0.647 bits per heavy atom. The Hall–Kier alpha value is -5.00. The van der Waals surface area contributed by atoms with Crippen LogP contribution in [0.5, 0.6) is 23.0 Å². The molecule has 174 valence electrons. The summed E-state index contributed by atoms with van der Waals surface area (Å²) >= 11 is 0. The third-order valence-electron chi connectivity index (χ3n) is 4.46. The molecule has 0 atom stereocenters. The van der Waals surface area contributed by atoms with E-state index in [1.807, 2.05) is 0 Å². The minimum absolute atomic E-state index is 0.0611. The molecule has 0 aliphatic rings. The van der Waals surface area contributed by atoms with Crippen molar-refractivity contribution in [3.8, 4) is 23.0 Å². The number of benzene rings is 3. The molecule has 12 heteroatoms. The van der Waals surface area contributed by atoms with Gasteiger partial charge in [0.2, 0.25) is 0 Å². The zero-order chi connectivity index (χ0) is 24.8. The van der Waals surface area contributed by atoms with E-state index >= 15 is 0 Å². The normalized spacial score (nSPS) is 10.2. The summed E-state index contributed by atoms with van der Waals surface area (Å²) in [7, 11) is 2.61. The monoisotopic (exact) mass is 468 g/mol. The van der Waals surface area contributed by atoms with E-state index < -0.39 is 21.8 Å². The summed E-state index contributed by atoms with van der Waals surface area (Å²) in [4.78, 5) is 45.9. The molecular weight excluding hydrogens is 452 g/mol. The molecule has 0 heterocycles. The summed E-state index contributed by atoms with van der Waals surface area (Å²) in [6.07, 6.45) is 0. The van der Waals surface area contributed by atoms with Crippen molar-refractivity contribution in [3.63, 3.8) is 0 Å². The Morgan fingerprint density at radius 2 is 1.06 bits per heavy atom. The first-order valence-corrected chi connectivity index (χ1v) is 9.42. The third kappa shape index (κ3) is 5.24. The molecule has 0 spiro atoms. The number of non-ortho nitro benzene ring substituents is 2. The number of hydrogen-bond donors (Lipinski definition) is 0. The molecule has 0 unspecified atom stereocenters. The fraction of sp³-hybridized carbons (Fsp3) is 0.0909. The molecule has 0 bridgehead atoms. The van der Waals surface area contributed by atoms with Gasteiger partial charge in [-0.1, -0.05) is 6.07 Å². The van der Waals surface area contributed by atoms with Crippen molar-refractivity contribution < 1.29 is 38.4 Å². The first-order chi connectivity index (χ1) is 16.2. The predicted octanol–water partition coefficient (Wildman–Crippen LogP) is 3.96. The van der Waals surface area contributed by atoms with Gasteiger partial charge in [0, 0.05) is 12.1 Å². The Labute approximate surface area is 191 Å². The van der Waals surface area contributed by atoms with E-state index in [2.05, 4.69) is 0 Å². The molecule has 0 saturated heterocycles. The van der Waals surface area contributed by atoms with Crippen molar-refractivity contribution in [1.29, 1.82) is 0 Å². The summed E-state index contributed by atoms with van der Waals surface area (Å²) in [6, 6.07) is 12.3. The number of nitrogens with zero attached hydrogens (tertiary/aromatic N) is 2. The van der Waals surface area contributed by atoms with Crippen molar-refractivity contribution in [2.75, 3.05) is 14.2 Å². The number of ether oxygens (including phenoxy) is 4. The molecular formula is C22H16N2O10. The Bertz CT molecular complexity index is 1190. The predicted molar refractivity (Wildman–Crippen MR) is 116 cm³/mol. The van der Waals surface area contributed by atoms with E-state index in [0.717, 1.165) is 12.1 Å². The van der Waals surface area contributed by atoms with Crippen LogP contribution in [-0.2, 0) is 0 Å². The van der Waals surface area contributed by atoms with Crippen LogP contribution in [0.4, 0.5) is 11.4 Å². The fourth-order valence-electron chi connectivity index (χ4n) is 2.81. The van der Waals surface area contributed by atoms with E-state index in [0.29, 0.717) is 0 Å². The smallest absolute Gasteiger partial charge is 0.343 e. The number of nitro groups is 2. The Morgan fingerprint density at radius 3 is 1.41 bits per heavy atom. The van der Waals surface area contributed by atoms with Crippen LogP contribution in [0.15, 0.2) is 60.7 Å². The molecule has 0 fully saturated rings. The maximum Gasteiger partial charge on any atom is 0.343 e. The van der Waals surface area contributed by atoms with Crippen molar-refractivity contribution >= 4 is 23.3 Å². The second-order valence-corrected chi connectivity index (χ2v) is 6.54. The summed E-state index contributed by atoms with van der Waals surface area (Å²) in [5.74, 6) is -2.02. The van der Waals surface area contributed by atoms with E-state index in [4.69, 9.17) is 18.9 Å². The van der Waals surface area contributed by atoms with Gasteiger partial charge in [0.15, 0.2) is 23.0 Å². The lowest BCUT2D eigenvalue weighted by atomic mass is 10.1. The number of esters is 2. The number of carbonyl (C=O) groups excluding carboxylic acids is 2. The molecule has 34 heavy (non-hydrogen) atoms. The van der Waals surface area contributed by atoms with Gasteiger partial charge in [-0.15, -0.1) is 0 Å². The number of hydrogen-bond acceptors (Lipinski definition) is 10. The van der Waals surface area contributed by atoms with Crippen molar-refractivity contribution in [2.45, 2.75) is 0 Å². The van der Waals surface area contributed by atoms with Gasteiger partial charge in [0.05, 0.1) is 47.3 Å². The Balaban J connectivity index is 1.84. The lowest BCUT2D eigenvalue weighted by Crippen LogP contribution is -2.13. The van der Waals surface area contributed by atoms with Crippen molar-refractivity contribution in [2.24, 2.45) is 0 Å². The van der Waals surface area contributed by atoms with Gasteiger partial charge >= 0.3 is 11.9 Å². The highest BCUT2D eigenvalue weighted by molar-refractivity contribution is 5.97. The number of rotatable bonds is 8. The SMILES string of the molecule is COc1ccc([N+](=O)[O-])cc1OC(=O)c1cccc(C(=O)Oc2cc([N+](=O)[O-])ccc2OC)c1. The molecule has 0 N–H and O–H groups in total. The highest BCUT2D eigenvalue weighted by atomic mass is 16.6. The van der Waals surface area contributed by atoms with Gasteiger partial charge in [0.1, 0.15) is 0 Å². The van der Waals surface area contributed by atoms with Crippen LogP contribution in [0.3, 0.4) is 0 Å². The van der Waals surface area contributed by atoms with Crippen LogP contribution >= 0.6 is 0 Å². The first kappa shape index (κ1) is 23.7. The van der Waals surface area contributed by atoms with E-state index in [9.17, 15) is 29.8 Å². The zero-order valence-corrected chi connectivity index (χ0v) is 17.8. The van der Waals surface area contributed by atoms with Gasteiger partial charge in [-0.2, -0.15) is 0 Å². The molecule has 0 saturated carbocycles. The fourth-order valence-corrected chi connectivity index (χ4v) is 2.81. The number of nitro benzene ring substituents is 2. The van der Waals surface area contributed by atoms with Crippen LogP contribution in [-0.4, -0.2) is 36.0 Å². The van der Waals surface area contributed by atoms with Crippen LogP contribution < -0.4 is 18.9 Å². The standard InChI is InChI=1S/C22H16N2O10/c1-31-17-8-6-15(23(27)28)11-19(17)33-21(25)13-4-3-5-14(10-13)22(26)34-20-12-16(24(29)30)7-9-18(20)32-2/h3-12H,1-2H3. The quantitative estimate of drug-likeness (QED) is 0.205. The molecule has 3 aromatic rings. The lowest BCUT2D eigenvalue weighted by Gasteiger charge is -2.11. The van der Waals surface area contributed by atoms with Crippen LogP contribution in [0, 0.1) is 20.2 Å². The van der Waals surface area contributed by atoms with E-state index in [1.54, 1.807) is 0 Å². The minimum atomic E-state index is -0.915. The summed E-state index contributed by atoms with van der Waals surface area (Å²) < 4.78 is 20.6. The average Bonchev–Trinajstić information content (AvgIpc) is 2.83. The summed E-state index contributed by atoms with van der Waals surface area (Å²) in [6.45, 7) is 0. The molecule has 12 nitrogen and oxygen atoms in total. The van der Waals surface area contributed by atoms with Crippen molar-refractivity contribution in [1.82, 2.24) is 0 Å². The van der Waals surface area contributed by atoms with E-state index in [1.165, 1.54) is 62.8 Å². The molecule has 0 aromatic heterocycles. The lowest BCUT2D eigenvalue weighted by molar-refractivity contribution is -0.385. The zero-order valence-electron chi connectivity index (χ0n) is 17.8. The summed E-state index contributed by atoms with van der Waals surface area (Å²) in [5.41, 5.74) is -0.748. The third-order valence-corrected chi connectivity index (χ3v) is 4.46. The van der Waals surface area contributed by atoms with Gasteiger partial charge in [-0.05, 0) is 30.3 Å². The van der Waals surface area contributed by atoms with Crippen molar-refractivity contribution in [3.05, 3.63) is 92.0 Å². The molecule has 0 radical (unpaired) electrons. The maximum absolute atomic E-state index is 12.6. The Kier molecular flexibility index (Phi) is 7.01. The van der Waals surface area contributed by atoms with Crippen LogP contribution in [0.25, 0.3) is 0 Å². The number of carbonyl (C=O) groups is 2. The van der Waals surface area contributed by atoms with E-state index in [-0.39, 0.29) is 45.5 Å². The molecule has 0 amide bonds. The number of methoxy groups -OCH3 is 2. The molecule has 3 aromatic carbocycles. The van der Waals surface area contributed by atoms with Crippen LogP contribution in [0.2, 0.25) is 0 Å². The molecule has 3 rings (SSSR count). The van der Waals surface area contributed by atoms with Gasteiger partial charge in [0.25, 0.3) is 11.4 Å².